The Bertz CT molecular complexity index is 864. The molecule has 1 heterocycles. The van der Waals surface area contributed by atoms with E-state index in [1.807, 2.05) is 55.1 Å². The number of ether oxygens (including phenoxy) is 1. The van der Waals surface area contributed by atoms with Crippen LogP contribution in [0.1, 0.15) is 24.0 Å². The van der Waals surface area contributed by atoms with Gasteiger partial charge < -0.3 is 14.5 Å². The number of hydrogen-bond acceptors (Lipinski definition) is 4. The van der Waals surface area contributed by atoms with Crippen LogP contribution in [0.25, 0.3) is 0 Å². The summed E-state index contributed by atoms with van der Waals surface area (Å²) in [5.74, 6) is 1.67. The third-order valence-corrected chi connectivity index (χ3v) is 5.94. The van der Waals surface area contributed by atoms with Crippen molar-refractivity contribution in [1.82, 2.24) is 4.90 Å². The Hall–Kier alpha value is -2.47. The van der Waals surface area contributed by atoms with E-state index in [0.29, 0.717) is 19.7 Å². The summed E-state index contributed by atoms with van der Waals surface area (Å²) in [4.78, 5) is 29.7. The van der Waals surface area contributed by atoms with E-state index in [-0.39, 0.29) is 24.7 Å². The van der Waals surface area contributed by atoms with Crippen molar-refractivity contribution in [3.8, 4) is 5.75 Å². The fourth-order valence-electron chi connectivity index (χ4n) is 3.41. The third-order valence-electron chi connectivity index (χ3n) is 4.90. The molecule has 0 spiro atoms. The van der Waals surface area contributed by atoms with Gasteiger partial charge in [0.15, 0.2) is 0 Å². The molecule has 0 aliphatic carbocycles. The first-order valence-corrected chi connectivity index (χ1v) is 10.9. The molecule has 5 nitrogen and oxygen atoms in total. The number of aryl methyl sites for hydroxylation is 2. The van der Waals surface area contributed by atoms with Crippen LogP contribution >= 0.6 is 11.8 Å². The fourth-order valence-corrected chi connectivity index (χ4v) is 4.40. The summed E-state index contributed by atoms with van der Waals surface area (Å²) in [5, 5.41) is 0. The normalized spacial score (nSPS) is 13.0. The zero-order valence-corrected chi connectivity index (χ0v) is 18.1. The Labute approximate surface area is 177 Å². The minimum atomic E-state index is -0.0398. The number of carbonyl (C=O) groups is 2. The van der Waals surface area contributed by atoms with E-state index in [0.717, 1.165) is 33.2 Å². The second kappa shape index (κ2) is 9.83. The summed E-state index contributed by atoms with van der Waals surface area (Å²) < 4.78 is 5.78. The van der Waals surface area contributed by atoms with Gasteiger partial charge in [-0.2, -0.15) is 0 Å². The van der Waals surface area contributed by atoms with Crippen molar-refractivity contribution in [2.45, 2.75) is 31.6 Å². The number of fused-ring (bicyclic) bond motifs is 1. The van der Waals surface area contributed by atoms with Gasteiger partial charge in [0, 0.05) is 37.1 Å². The maximum Gasteiger partial charge on any atom is 0.227 e. The van der Waals surface area contributed by atoms with Gasteiger partial charge in [-0.15, -0.1) is 11.8 Å². The Balaban J connectivity index is 1.45. The largest absolute Gasteiger partial charge is 0.492 e. The molecule has 29 heavy (non-hydrogen) atoms. The van der Waals surface area contributed by atoms with Gasteiger partial charge in [0.2, 0.25) is 11.8 Å². The molecule has 0 unspecified atom stereocenters. The van der Waals surface area contributed by atoms with E-state index in [1.54, 1.807) is 23.7 Å². The van der Waals surface area contributed by atoms with Crippen LogP contribution < -0.4 is 9.64 Å². The predicted octanol–water partition coefficient (Wildman–Crippen LogP) is 4.06. The number of benzene rings is 2. The Morgan fingerprint density at radius 2 is 1.83 bits per heavy atom. The van der Waals surface area contributed by atoms with Gasteiger partial charge in [0.25, 0.3) is 0 Å². The lowest BCUT2D eigenvalue weighted by Crippen LogP contribution is -2.37. The molecule has 0 radical (unpaired) electrons. The highest BCUT2D eigenvalue weighted by molar-refractivity contribution is 7.99. The summed E-state index contributed by atoms with van der Waals surface area (Å²) in [6.45, 7) is 5.67. The van der Waals surface area contributed by atoms with Crippen molar-refractivity contribution in [2.75, 3.05) is 37.4 Å². The number of amides is 2. The van der Waals surface area contributed by atoms with Gasteiger partial charge in [-0.05, 0) is 49.2 Å². The van der Waals surface area contributed by atoms with Crippen LogP contribution in [0.3, 0.4) is 0 Å². The van der Waals surface area contributed by atoms with Gasteiger partial charge in [-0.3, -0.25) is 9.59 Å². The van der Waals surface area contributed by atoms with E-state index in [2.05, 4.69) is 6.07 Å². The number of rotatable bonds is 7. The number of thioether (sulfide) groups is 1. The van der Waals surface area contributed by atoms with Crippen molar-refractivity contribution in [2.24, 2.45) is 0 Å². The molecule has 0 bridgehead atoms. The monoisotopic (exact) mass is 412 g/mol. The van der Waals surface area contributed by atoms with E-state index in [1.165, 1.54) is 0 Å². The smallest absolute Gasteiger partial charge is 0.227 e. The Morgan fingerprint density at radius 3 is 2.59 bits per heavy atom. The quantitative estimate of drug-likeness (QED) is 0.688. The van der Waals surface area contributed by atoms with Crippen LogP contribution in [0, 0.1) is 13.8 Å². The van der Waals surface area contributed by atoms with E-state index in [9.17, 15) is 9.59 Å². The van der Waals surface area contributed by atoms with Crippen molar-refractivity contribution >= 4 is 29.3 Å². The molecule has 6 heteroatoms. The lowest BCUT2D eigenvalue weighted by atomic mass is 10.1. The van der Waals surface area contributed by atoms with Gasteiger partial charge >= 0.3 is 0 Å². The fraction of sp³-hybridized carbons (Fsp3) is 0.391. The lowest BCUT2D eigenvalue weighted by molar-refractivity contribution is -0.132. The number of carbonyl (C=O) groups excluding carboxylic acids is 2. The predicted molar refractivity (Wildman–Crippen MR) is 118 cm³/mol. The number of nitrogens with zero attached hydrogens (tertiary/aromatic N) is 2. The maximum absolute atomic E-state index is 12.7. The van der Waals surface area contributed by atoms with Crippen LogP contribution in [-0.4, -0.2) is 49.2 Å². The number of hydrogen-bond donors (Lipinski definition) is 0. The second-order valence-electron chi connectivity index (χ2n) is 7.35. The zero-order chi connectivity index (χ0) is 20.8. The average Bonchev–Trinajstić information content (AvgIpc) is 2.70. The molecule has 0 saturated heterocycles. The SMILES string of the molecule is Cc1cc(C)cc(OCCN(C)C(=O)CCC(=O)N2CCSc3ccccc32)c1. The van der Waals surface area contributed by atoms with E-state index in [4.69, 9.17) is 4.74 Å². The molecule has 2 amide bonds. The molecule has 3 rings (SSSR count). The molecule has 2 aromatic carbocycles. The third kappa shape index (κ3) is 5.76. The molecule has 0 atom stereocenters. The van der Waals surface area contributed by atoms with Gasteiger partial charge in [-0.25, -0.2) is 0 Å². The number of anilines is 1. The van der Waals surface area contributed by atoms with Crippen molar-refractivity contribution in [3.05, 3.63) is 53.6 Å². The summed E-state index contributed by atoms with van der Waals surface area (Å²) in [6.07, 6.45) is 0.435. The molecule has 0 N–H and O–H groups in total. The molecule has 1 aliphatic heterocycles. The molecular formula is C23H28N2O3S. The first-order chi connectivity index (χ1) is 13.9. The topological polar surface area (TPSA) is 49.9 Å². The van der Waals surface area contributed by atoms with E-state index >= 15 is 0 Å². The second-order valence-corrected chi connectivity index (χ2v) is 8.49. The minimum Gasteiger partial charge on any atom is -0.492 e. The van der Waals surface area contributed by atoms with Gasteiger partial charge in [0.05, 0.1) is 12.2 Å². The molecule has 0 aromatic heterocycles. The molecule has 0 fully saturated rings. The highest BCUT2D eigenvalue weighted by Gasteiger charge is 2.23. The maximum atomic E-state index is 12.7. The minimum absolute atomic E-state index is 0.00554. The Morgan fingerprint density at radius 1 is 1.10 bits per heavy atom. The van der Waals surface area contributed by atoms with Crippen LogP contribution in [0.15, 0.2) is 47.4 Å². The molecule has 154 valence electrons. The molecule has 0 saturated carbocycles. The van der Waals surface area contributed by atoms with Crippen LogP contribution in [-0.2, 0) is 9.59 Å². The first kappa shape index (κ1) is 21.2. The highest BCUT2D eigenvalue weighted by atomic mass is 32.2. The standard InChI is InChI=1S/C23H28N2O3S/c1-17-14-18(2)16-19(15-17)28-12-10-24(3)22(26)8-9-23(27)25-11-13-29-21-7-5-4-6-20(21)25/h4-7,14-16H,8-13H2,1-3H3. The van der Waals surface area contributed by atoms with Crippen LogP contribution in [0.2, 0.25) is 0 Å². The average molecular weight is 413 g/mol. The van der Waals surface area contributed by atoms with Crippen LogP contribution in [0.4, 0.5) is 5.69 Å². The van der Waals surface area contributed by atoms with Gasteiger partial charge in [-0.1, -0.05) is 18.2 Å². The zero-order valence-electron chi connectivity index (χ0n) is 17.3. The van der Waals surface area contributed by atoms with Crippen LogP contribution in [0.5, 0.6) is 5.75 Å². The summed E-state index contributed by atoms with van der Waals surface area (Å²) in [5.41, 5.74) is 3.26. The highest BCUT2D eigenvalue weighted by Crippen LogP contribution is 2.34. The first-order valence-electron chi connectivity index (χ1n) is 9.91. The van der Waals surface area contributed by atoms with Crippen molar-refractivity contribution in [1.29, 1.82) is 0 Å². The van der Waals surface area contributed by atoms with Crippen molar-refractivity contribution in [3.63, 3.8) is 0 Å². The summed E-state index contributed by atoms with van der Waals surface area (Å²) in [6, 6.07) is 14.0. The lowest BCUT2D eigenvalue weighted by Gasteiger charge is -2.29. The molecule has 1 aliphatic rings. The van der Waals surface area contributed by atoms with Gasteiger partial charge in [0.1, 0.15) is 12.4 Å². The Kier molecular flexibility index (Phi) is 7.20. The molecular weight excluding hydrogens is 384 g/mol. The number of para-hydroxylation sites is 1. The summed E-state index contributed by atoms with van der Waals surface area (Å²) in [7, 11) is 1.75. The van der Waals surface area contributed by atoms with Crippen molar-refractivity contribution < 1.29 is 14.3 Å². The molecule has 2 aromatic rings. The number of likely N-dealkylation sites (N-methyl/N-ethyl adjacent to an activating group) is 1. The summed E-state index contributed by atoms with van der Waals surface area (Å²) >= 11 is 1.77. The van der Waals surface area contributed by atoms with E-state index < -0.39 is 0 Å².